The molecule has 0 heterocycles. The number of hydrogen-bond acceptors (Lipinski definition) is 2. The summed E-state index contributed by atoms with van der Waals surface area (Å²) in [5, 5.41) is 0. The molecular formula is C66H48N2. The van der Waals surface area contributed by atoms with E-state index in [-0.39, 0.29) is 0 Å². The maximum absolute atomic E-state index is 3.50. The van der Waals surface area contributed by atoms with Gasteiger partial charge >= 0.3 is 0 Å². The summed E-state index contributed by atoms with van der Waals surface area (Å²) >= 11 is 0. The van der Waals surface area contributed by atoms with Crippen molar-refractivity contribution in [2.75, 3.05) is 9.80 Å². The molecular weight excluding hydrogens is 821 g/mol. The van der Waals surface area contributed by atoms with Crippen LogP contribution in [0.15, 0.2) is 267 Å². The van der Waals surface area contributed by atoms with Gasteiger partial charge in [-0.1, -0.05) is 200 Å². The summed E-state index contributed by atoms with van der Waals surface area (Å²) in [6.45, 7) is 0. The number of allylic oxidation sites excluding steroid dienone is 4. The maximum atomic E-state index is 3.50. The molecule has 0 N–H and O–H groups in total. The molecule has 0 aromatic heterocycles. The van der Waals surface area contributed by atoms with Crippen LogP contribution in [0.1, 0.15) is 18.4 Å². The molecule has 0 saturated carbocycles. The number of nitrogens with zero attached hydrogens (tertiary/aromatic N) is 2. The number of anilines is 6. The van der Waals surface area contributed by atoms with E-state index in [2.05, 4.69) is 283 Å². The minimum Gasteiger partial charge on any atom is -0.310 e. The van der Waals surface area contributed by atoms with Gasteiger partial charge in [-0.25, -0.2) is 0 Å². The molecule has 0 unspecified atom stereocenters. The monoisotopic (exact) mass is 868 g/mol. The Morgan fingerprint density at radius 1 is 0.294 bits per heavy atom. The zero-order valence-corrected chi connectivity index (χ0v) is 37.7. The molecule has 2 nitrogen and oxygen atoms in total. The van der Waals surface area contributed by atoms with Gasteiger partial charge in [0.2, 0.25) is 0 Å². The first-order valence-corrected chi connectivity index (χ1v) is 23.4. The van der Waals surface area contributed by atoms with E-state index in [9.17, 15) is 0 Å². The van der Waals surface area contributed by atoms with Crippen molar-refractivity contribution >= 4 is 39.7 Å². The van der Waals surface area contributed by atoms with Crippen molar-refractivity contribution in [3.63, 3.8) is 0 Å². The molecule has 0 radical (unpaired) electrons. The van der Waals surface area contributed by atoms with E-state index in [1.54, 1.807) is 0 Å². The summed E-state index contributed by atoms with van der Waals surface area (Å²) < 4.78 is 0. The first-order valence-electron chi connectivity index (χ1n) is 23.4. The molecule has 11 rings (SSSR count). The van der Waals surface area contributed by atoms with Gasteiger partial charge in [-0.05, 0) is 153 Å². The first-order chi connectivity index (χ1) is 33.7. The van der Waals surface area contributed by atoms with Crippen LogP contribution in [-0.2, 0) is 0 Å². The Labute approximate surface area is 400 Å². The van der Waals surface area contributed by atoms with Gasteiger partial charge in [0.15, 0.2) is 0 Å². The van der Waals surface area contributed by atoms with Gasteiger partial charge in [-0.2, -0.15) is 0 Å². The first kappa shape index (κ1) is 41.8. The lowest BCUT2D eigenvalue weighted by atomic mass is 9.90. The van der Waals surface area contributed by atoms with Crippen molar-refractivity contribution in [3.05, 3.63) is 285 Å². The maximum Gasteiger partial charge on any atom is 0.0973 e. The molecule has 2 heteroatoms. The number of rotatable bonds is 12. The summed E-state index contributed by atoms with van der Waals surface area (Å²) in [5.41, 5.74) is 20.5. The van der Waals surface area contributed by atoms with Crippen LogP contribution in [0, 0.1) is 12.1 Å². The molecule has 0 atom stereocenters. The van der Waals surface area contributed by atoms with Crippen LogP contribution in [-0.4, -0.2) is 0 Å². The molecule has 322 valence electrons. The second-order valence-electron chi connectivity index (χ2n) is 17.1. The van der Waals surface area contributed by atoms with Gasteiger partial charge in [0, 0.05) is 34.0 Å². The quantitative estimate of drug-likeness (QED) is 0.121. The molecule has 0 fully saturated rings. The molecule has 68 heavy (non-hydrogen) atoms. The smallest absolute Gasteiger partial charge is 0.0973 e. The minimum atomic E-state index is 0.923. The van der Waals surface area contributed by atoms with Gasteiger partial charge in [0.1, 0.15) is 0 Å². The third-order valence-electron chi connectivity index (χ3n) is 12.8. The van der Waals surface area contributed by atoms with E-state index >= 15 is 0 Å². The van der Waals surface area contributed by atoms with Gasteiger partial charge in [0.25, 0.3) is 0 Å². The molecule has 1 aliphatic rings. The van der Waals surface area contributed by atoms with Gasteiger partial charge in [0.05, 0.1) is 5.69 Å². The highest BCUT2D eigenvalue weighted by Crippen LogP contribution is 2.42. The largest absolute Gasteiger partial charge is 0.310 e. The molecule has 10 aromatic carbocycles. The Morgan fingerprint density at radius 2 is 0.721 bits per heavy atom. The second-order valence-corrected chi connectivity index (χ2v) is 17.1. The zero-order valence-electron chi connectivity index (χ0n) is 37.7. The minimum absolute atomic E-state index is 0.923. The second kappa shape index (κ2) is 19.3. The summed E-state index contributed by atoms with van der Waals surface area (Å²) in [4.78, 5) is 4.62. The fourth-order valence-electron chi connectivity index (χ4n) is 9.23. The highest BCUT2D eigenvalue weighted by molar-refractivity contribution is 5.91. The van der Waals surface area contributed by atoms with E-state index in [1.165, 1.54) is 44.5 Å². The molecule has 0 saturated heterocycles. The fourth-order valence-corrected chi connectivity index (χ4v) is 9.23. The number of para-hydroxylation sites is 1. The summed E-state index contributed by atoms with van der Waals surface area (Å²) in [5.74, 6) is 0. The average molecular weight is 869 g/mol. The molecule has 0 spiro atoms. The van der Waals surface area contributed by atoms with Crippen molar-refractivity contribution in [1.82, 2.24) is 0 Å². The van der Waals surface area contributed by atoms with Crippen LogP contribution in [0.2, 0.25) is 0 Å². The Hall–Kier alpha value is -8.90. The van der Waals surface area contributed by atoms with E-state index in [4.69, 9.17) is 0 Å². The average Bonchev–Trinajstić information content (AvgIpc) is 3.43. The third kappa shape index (κ3) is 8.90. The summed E-state index contributed by atoms with van der Waals surface area (Å²) in [6.07, 6.45) is 9.06. The van der Waals surface area contributed by atoms with Crippen LogP contribution in [0.3, 0.4) is 0 Å². The van der Waals surface area contributed by atoms with Gasteiger partial charge < -0.3 is 9.80 Å². The number of benzene rings is 9. The topological polar surface area (TPSA) is 6.48 Å². The van der Waals surface area contributed by atoms with E-state index < -0.39 is 0 Å². The van der Waals surface area contributed by atoms with Crippen molar-refractivity contribution in [2.24, 2.45) is 0 Å². The van der Waals surface area contributed by atoms with Crippen LogP contribution in [0.4, 0.5) is 34.1 Å². The van der Waals surface area contributed by atoms with Crippen molar-refractivity contribution < 1.29 is 0 Å². The molecule has 0 bridgehead atoms. The third-order valence-corrected chi connectivity index (χ3v) is 12.8. The molecule has 1 aliphatic carbocycles. The zero-order chi connectivity index (χ0) is 45.5. The normalized spacial score (nSPS) is 11.9. The Bertz CT molecular complexity index is 3220. The Balaban J connectivity index is 0.906. The van der Waals surface area contributed by atoms with E-state index in [0.717, 1.165) is 69.2 Å². The molecule has 0 amide bonds. The molecule has 0 aliphatic heterocycles. The summed E-state index contributed by atoms with van der Waals surface area (Å²) in [6, 6.07) is 95.9. The van der Waals surface area contributed by atoms with Crippen molar-refractivity contribution in [2.45, 2.75) is 12.8 Å². The van der Waals surface area contributed by atoms with E-state index in [1.807, 2.05) is 6.07 Å². The van der Waals surface area contributed by atoms with Crippen LogP contribution in [0.5, 0.6) is 0 Å². The van der Waals surface area contributed by atoms with Crippen LogP contribution in [0.25, 0.3) is 61.2 Å². The lowest BCUT2D eigenvalue weighted by molar-refractivity contribution is 1.04. The highest BCUT2D eigenvalue weighted by Gasteiger charge is 2.18. The fraction of sp³-hybridized carbons (Fsp3) is 0.0303. The Morgan fingerprint density at radius 3 is 1.21 bits per heavy atom. The summed E-state index contributed by atoms with van der Waals surface area (Å²) in [7, 11) is 0. The van der Waals surface area contributed by atoms with Gasteiger partial charge in [-0.15, -0.1) is 0 Å². The van der Waals surface area contributed by atoms with Crippen LogP contribution < -0.4 is 9.80 Å². The van der Waals surface area contributed by atoms with E-state index in [0.29, 0.717) is 0 Å². The standard InChI is InChI=1S/C66H48N2/c1-6-16-49(17-7-1)53-30-38-60(39-31-53)67(61-40-32-54(33-41-61)50-18-8-2-9-19-50)62-42-36-56(37-43-62)52-26-28-58(29-27-52)65-47-46-64(48-66(65)57-22-12-4-13-23-57)68(59-24-14-5-15-25-59)63-44-34-55(35-45-63)51-20-10-3-11-21-51/h1-3,5-12,14-32,34-40,42-48H,4,13H2. The predicted octanol–water partition coefficient (Wildman–Crippen LogP) is 18.3. The number of hydrogen-bond donors (Lipinski definition) is 0. The lowest BCUT2D eigenvalue weighted by Gasteiger charge is -2.27. The molecule has 10 aromatic rings. The Kier molecular flexibility index (Phi) is 11.9. The highest BCUT2D eigenvalue weighted by atomic mass is 15.1. The van der Waals surface area contributed by atoms with Gasteiger partial charge in [-0.3, -0.25) is 0 Å². The predicted molar refractivity (Wildman–Crippen MR) is 287 cm³/mol. The lowest BCUT2D eigenvalue weighted by Crippen LogP contribution is -2.10. The van der Waals surface area contributed by atoms with Crippen molar-refractivity contribution in [3.8, 4) is 55.6 Å². The van der Waals surface area contributed by atoms with Crippen LogP contribution >= 0.6 is 0 Å². The van der Waals surface area contributed by atoms with Crippen molar-refractivity contribution in [1.29, 1.82) is 0 Å². The SMILES string of the molecule is c1c(-c2ccccc2)ccc(N(c2ccc(-c3ccccc3)cc2)c2ccc(-c3ccc(-c4ccc(N(c5ccccc5)c5ccc(-c6ccccc6)cc5)cc4C4=CCCC=C4)cc3)cc2)c#1.